The molecule has 27 heavy (non-hydrogen) atoms. The summed E-state index contributed by atoms with van der Waals surface area (Å²) in [6.07, 6.45) is 1.72. The number of benzene rings is 3. The third kappa shape index (κ3) is 4.29. The van der Waals surface area contributed by atoms with E-state index in [0.29, 0.717) is 6.54 Å². The van der Waals surface area contributed by atoms with Gasteiger partial charge in [0.05, 0.1) is 0 Å². The van der Waals surface area contributed by atoms with E-state index >= 15 is 0 Å². The standard InChI is InChI=1S/C25H26N2/c1-5-18(2)26-17-22-12-7-8-14-23(22)19(3)27-20(4)24-16-10-13-21-11-6-9-15-25(21)24/h5-16,20,26-27H,1-3,17H2,4H3. The van der Waals surface area contributed by atoms with E-state index in [1.807, 2.05) is 12.1 Å². The van der Waals surface area contributed by atoms with Crippen molar-refractivity contribution < 1.29 is 0 Å². The number of hydrogen-bond donors (Lipinski definition) is 2. The molecule has 2 heteroatoms. The second-order valence-electron chi connectivity index (χ2n) is 6.65. The lowest BCUT2D eigenvalue weighted by Gasteiger charge is -2.21. The van der Waals surface area contributed by atoms with Crippen molar-refractivity contribution >= 4 is 16.5 Å². The largest absolute Gasteiger partial charge is 0.381 e. The van der Waals surface area contributed by atoms with Gasteiger partial charge in [0.25, 0.3) is 0 Å². The predicted octanol–water partition coefficient (Wildman–Crippen LogP) is 5.95. The minimum atomic E-state index is 0.146. The minimum absolute atomic E-state index is 0.146. The molecule has 0 saturated carbocycles. The van der Waals surface area contributed by atoms with Gasteiger partial charge in [0.2, 0.25) is 0 Å². The van der Waals surface area contributed by atoms with Crippen LogP contribution in [0.3, 0.4) is 0 Å². The zero-order valence-electron chi connectivity index (χ0n) is 15.8. The third-order valence-electron chi connectivity index (χ3n) is 4.78. The van der Waals surface area contributed by atoms with Gasteiger partial charge in [-0.15, -0.1) is 0 Å². The fraction of sp³-hybridized carbons (Fsp3) is 0.120. The Hall–Kier alpha value is -3.26. The highest BCUT2D eigenvalue weighted by atomic mass is 14.9. The van der Waals surface area contributed by atoms with Crippen LogP contribution in [0.25, 0.3) is 16.5 Å². The lowest BCUT2D eigenvalue weighted by Crippen LogP contribution is -2.19. The normalized spacial score (nSPS) is 11.6. The van der Waals surface area contributed by atoms with Crippen molar-refractivity contribution in [1.82, 2.24) is 10.6 Å². The number of nitrogens with one attached hydrogen (secondary N) is 2. The van der Waals surface area contributed by atoms with Crippen LogP contribution in [0.1, 0.15) is 29.7 Å². The molecule has 2 N–H and O–H groups in total. The second kappa shape index (κ2) is 8.41. The summed E-state index contributed by atoms with van der Waals surface area (Å²) in [5.41, 5.74) is 5.27. The van der Waals surface area contributed by atoms with Gasteiger partial charge in [-0.2, -0.15) is 0 Å². The molecule has 0 amide bonds. The first kappa shape index (κ1) is 18.5. The maximum absolute atomic E-state index is 4.30. The highest BCUT2D eigenvalue weighted by Crippen LogP contribution is 2.26. The summed E-state index contributed by atoms with van der Waals surface area (Å²) in [7, 11) is 0. The molecule has 0 heterocycles. The van der Waals surface area contributed by atoms with Crippen LogP contribution in [-0.4, -0.2) is 0 Å². The van der Waals surface area contributed by atoms with Gasteiger partial charge < -0.3 is 10.6 Å². The molecule has 2 nitrogen and oxygen atoms in total. The molecular weight excluding hydrogens is 328 g/mol. The first-order chi connectivity index (χ1) is 13.1. The van der Waals surface area contributed by atoms with E-state index < -0.39 is 0 Å². The van der Waals surface area contributed by atoms with Crippen LogP contribution in [0.2, 0.25) is 0 Å². The van der Waals surface area contributed by atoms with Crippen molar-refractivity contribution in [3.05, 3.63) is 115 Å². The lowest BCUT2D eigenvalue weighted by molar-refractivity contribution is 0.705. The molecule has 3 aromatic rings. The Morgan fingerprint density at radius 2 is 1.67 bits per heavy atom. The van der Waals surface area contributed by atoms with Gasteiger partial charge in [-0.3, -0.25) is 0 Å². The average molecular weight is 354 g/mol. The van der Waals surface area contributed by atoms with Gasteiger partial charge in [-0.25, -0.2) is 0 Å². The highest BCUT2D eigenvalue weighted by molar-refractivity contribution is 5.86. The fourth-order valence-electron chi connectivity index (χ4n) is 3.29. The molecule has 0 aliphatic rings. The van der Waals surface area contributed by atoms with Crippen molar-refractivity contribution in [2.24, 2.45) is 0 Å². The number of fused-ring (bicyclic) bond motifs is 1. The van der Waals surface area contributed by atoms with Crippen LogP contribution < -0.4 is 10.6 Å². The van der Waals surface area contributed by atoms with Crippen molar-refractivity contribution in [3.8, 4) is 0 Å². The van der Waals surface area contributed by atoms with E-state index in [9.17, 15) is 0 Å². The van der Waals surface area contributed by atoms with E-state index in [-0.39, 0.29) is 6.04 Å². The number of hydrogen-bond acceptors (Lipinski definition) is 2. The Bertz CT molecular complexity index is 979. The van der Waals surface area contributed by atoms with E-state index in [2.05, 4.69) is 91.9 Å². The summed E-state index contributed by atoms with van der Waals surface area (Å²) in [6, 6.07) is 23.3. The Balaban J connectivity index is 1.81. The molecular formula is C25H26N2. The van der Waals surface area contributed by atoms with Crippen LogP contribution in [0.15, 0.2) is 98.2 Å². The van der Waals surface area contributed by atoms with E-state index in [4.69, 9.17) is 0 Å². The summed E-state index contributed by atoms with van der Waals surface area (Å²) < 4.78 is 0. The van der Waals surface area contributed by atoms with Crippen LogP contribution in [0, 0.1) is 0 Å². The maximum atomic E-state index is 4.30. The lowest BCUT2D eigenvalue weighted by atomic mass is 9.98. The van der Waals surface area contributed by atoms with E-state index in [1.165, 1.54) is 21.9 Å². The smallest absolute Gasteiger partial charge is 0.0491 e. The Kier molecular flexibility index (Phi) is 5.77. The van der Waals surface area contributed by atoms with Crippen LogP contribution >= 0.6 is 0 Å². The predicted molar refractivity (Wildman–Crippen MR) is 117 cm³/mol. The molecule has 3 aromatic carbocycles. The summed E-state index contributed by atoms with van der Waals surface area (Å²) in [4.78, 5) is 0. The monoisotopic (exact) mass is 354 g/mol. The number of rotatable bonds is 8. The van der Waals surface area contributed by atoms with Gasteiger partial charge in [0.1, 0.15) is 0 Å². The van der Waals surface area contributed by atoms with Crippen molar-refractivity contribution in [3.63, 3.8) is 0 Å². The molecule has 0 bridgehead atoms. The van der Waals surface area contributed by atoms with E-state index in [0.717, 1.165) is 17.0 Å². The second-order valence-corrected chi connectivity index (χ2v) is 6.65. The Morgan fingerprint density at radius 3 is 2.48 bits per heavy atom. The molecule has 0 spiro atoms. The maximum Gasteiger partial charge on any atom is 0.0491 e. The molecule has 0 saturated heterocycles. The average Bonchev–Trinajstić information content (AvgIpc) is 2.71. The van der Waals surface area contributed by atoms with Crippen molar-refractivity contribution in [2.75, 3.05) is 0 Å². The SMILES string of the molecule is C=CC(=C)NCc1ccccc1C(=C)NC(C)c1cccc2ccccc12. The Morgan fingerprint density at radius 1 is 0.963 bits per heavy atom. The first-order valence-electron chi connectivity index (χ1n) is 9.16. The van der Waals surface area contributed by atoms with E-state index in [1.54, 1.807) is 6.08 Å². The molecule has 0 fully saturated rings. The molecule has 136 valence electrons. The highest BCUT2D eigenvalue weighted by Gasteiger charge is 2.12. The van der Waals surface area contributed by atoms with Crippen LogP contribution in [0.5, 0.6) is 0 Å². The zero-order chi connectivity index (χ0) is 19.2. The molecule has 1 atom stereocenters. The molecule has 3 rings (SSSR count). The van der Waals surface area contributed by atoms with Gasteiger partial charge in [0, 0.05) is 29.5 Å². The van der Waals surface area contributed by atoms with Crippen molar-refractivity contribution in [1.29, 1.82) is 0 Å². The van der Waals surface area contributed by atoms with Gasteiger partial charge in [-0.1, -0.05) is 86.5 Å². The summed E-state index contributed by atoms with van der Waals surface area (Å²) in [6.45, 7) is 14.8. The summed E-state index contributed by atoms with van der Waals surface area (Å²) >= 11 is 0. The topological polar surface area (TPSA) is 24.1 Å². The fourth-order valence-corrected chi connectivity index (χ4v) is 3.29. The van der Waals surface area contributed by atoms with Gasteiger partial charge >= 0.3 is 0 Å². The molecule has 0 aromatic heterocycles. The summed E-state index contributed by atoms with van der Waals surface area (Å²) in [5, 5.41) is 9.37. The third-order valence-corrected chi connectivity index (χ3v) is 4.78. The molecule has 0 radical (unpaired) electrons. The van der Waals surface area contributed by atoms with Gasteiger partial charge in [-0.05, 0) is 34.9 Å². The minimum Gasteiger partial charge on any atom is -0.381 e. The first-order valence-corrected chi connectivity index (χ1v) is 9.16. The Labute approximate surface area is 161 Å². The number of allylic oxidation sites excluding steroid dienone is 1. The van der Waals surface area contributed by atoms with Crippen LogP contribution in [-0.2, 0) is 6.54 Å². The van der Waals surface area contributed by atoms with Crippen molar-refractivity contribution in [2.45, 2.75) is 19.5 Å². The summed E-state index contributed by atoms with van der Waals surface area (Å²) in [5.74, 6) is 0. The molecule has 0 aliphatic carbocycles. The molecule has 1 unspecified atom stereocenters. The van der Waals surface area contributed by atoms with Crippen LogP contribution in [0.4, 0.5) is 0 Å². The molecule has 0 aliphatic heterocycles. The van der Waals surface area contributed by atoms with Gasteiger partial charge in [0.15, 0.2) is 0 Å². The quantitative estimate of drug-likeness (QED) is 0.488. The zero-order valence-corrected chi connectivity index (χ0v) is 15.8.